The number of nitriles is 1. The standard InChI is InChI=1S/C23H26N2O/c1-25(21-12-6-3-7-13-21)23(17-24)22-14-8-11-20(22)15-16-26-18-19-9-4-2-5-10-19/h2-7,9-10,12-13,15-16,20,22-23H,8,11,14,18H2,1H3/b16-15+/t20-,22+,23+/m1/s1. The van der Waals surface area contributed by atoms with Crippen LogP contribution in [-0.2, 0) is 11.3 Å². The lowest BCUT2D eigenvalue weighted by molar-refractivity contribution is 0.232. The molecule has 3 atom stereocenters. The number of hydrogen-bond donors (Lipinski definition) is 0. The molecule has 0 radical (unpaired) electrons. The van der Waals surface area contributed by atoms with Gasteiger partial charge in [0.25, 0.3) is 0 Å². The molecule has 0 bridgehead atoms. The van der Waals surface area contributed by atoms with Crippen LogP contribution in [0.25, 0.3) is 0 Å². The first kappa shape index (κ1) is 18.1. The molecule has 0 aliphatic heterocycles. The summed E-state index contributed by atoms with van der Waals surface area (Å²) in [4.78, 5) is 2.11. The molecule has 134 valence electrons. The second-order valence-corrected chi connectivity index (χ2v) is 6.90. The molecule has 0 amide bonds. The number of para-hydroxylation sites is 1. The van der Waals surface area contributed by atoms with Gasteiger partial charge in [0, 0.05) is 12.7 Å². The van der Waals surface area contributed by atoms with E-state index in [0.29, 0.717) is 18.4 Å². The highest BCUT2D eigenvalue weighted by Crippen LogP contribution is 2.37. The lowest BCUT2D eigenvalue weighted by Crippen LogP contribution is -2.38. The van der Waals surface area contributed by atoms with Crippen molar-refractivity contribution in [2.24, 2.45) is 11.8 Å². The highest BCUT2D eigenvalue weighted by molar-refractivity contribution is 5.48. The number of rotatable bonds is 7. The van der Waals surface area contributed by atoms with E-state index in [9.17, 15) is 5.26 Å². The van der Waals surface area contributed by atoms with E-state index >= 15 is 0 Å². The number of benzene rings is 2. The SMILES string of the molecule is CN(c1ccccc1)[C@@H](C#N)[C@H]1CCC[C@@H]1/C=C/OCc1ccccc1. The van der Waals surface area contributed by atoms with Crippen molar-refractivity contribution in [2.75, 3.05) is 11.9 Å². The third kappa shape index (κ3) is 4.46. The summed E-state index contributed by atoms with van der Waals surface area (Å²) in [7, 11) is 2.02. The summed E-state index contributed by atoms with van der Waals surface area (Å²) in [5.41, 5.74) is 2.26. The molecule has 2 aromatic rings. The van der Waals surface area contributed by atoms with Crippen LogP contribution in [0.4, 0.5) is 5.69 Å². The summed E-state index contributed by atoms with van der Waals surface area (Å²) < 4.78 is 5.71. The molecule has 3 nitrogen and oxygen atoms in total. The van der Waals surface area contributed by atoms with Crippen LogP contribution in [0.5, 0.6) is 0 Å². The van der Waals surface area contributed by atoms with Gasteiger partial charge in [-0.2, -0.15) is 5.26 Å². The lowest BCUT2D eigenvalue weighted by Gasteiger charge is -2.31. The molecule has 0 saturated heterocycles. The highest BCUT2D eigenvalue weighted by atomic mass is 16.5. The van der Waals surface area contributed by atoms with E-state index in [0.717, 1.165) is 18.5 Å². The van der Waals surface area contributed by atoms with Crippen molar-refractivity contribution in [2.45, 2.75) is 31.9 Å². The Balaban J connectivity index is 1.61. The minimum Gasteiger partial charge on any atom is -0.497 e. The van der Waals surface area contributed by atoms with Crippen molar-refractivity contribution in [3.8, 4) is 6.07 Å². The number of allylic oxidation sites excluding steroid dienone is 1. The summed E-state index contributed by atoms with van der Waals surface area (Å²) in [6, 6.07) is 22.8. The number of anilines is 1. The summed E-state index contributed by atoms with van der Waals surface area (Å²) in [5, 5.41) is 9.81. The molecule has 3 heteroatoms. The molecular weight excluding hydrogens is 320 g/mol. The molecule has 1 saturated carbocycles. The van der Waals surface area contributed by atoms with Gasteiger partial charge >= 0.3 is 0 Å². The van der Waals surface area contributed by atoms with Crippen LogP contribution in [-0.4, -0.2) is 13.1 Å². The van der Waals surface area contributed by atoms with Gasteiger partial charge in [0.1, 0.15) is 12.6 Å². The van der Waals surface area contributed by atoms with Gasteiger partial charge in [-0.15, -0.1) is 0 Å². The van der Waals surface area contributed by atoms with E-state index in [-0.39, 0.29) is 6.04 Å². The number of nitrogens with zero attached hydrogens (tertiary/aromatic N) is 2. The minimum atomic E-state index is -0.122. The zero-order valence-electron chi connectivity index (χ0n) is 15.3. The summed E-state index contributed by atoms with van der Waals surface area (Å²) in [6.45, 7) is 0.584. The zero-order valence-corrected chi connectivity index (χ0v) is 15.3. The van der Waals surface area contributed by atoms with Gasteiger partial charge in [-0.25, -0.2) is 0 Å². The zero-order chi connectivity index (χ0) is 18.2. The maximum atomic E-state index is 9.81. The smallest absolute Gasteiger partial charge is 0.120 e. The van der Waals surface area contributed by atoms with Crippen molar-refractivity contribution in [1.29, 1.82) is 5.26 Å². The van der Waals surface area contributed by atoms with E-state index in [1.165, 1.54) is 12.0 Å². The van der Waals surface area contributed by atoms with Crippen LogP contribution < -0.4 is 4.90 Å². The normalized spacial score (nSPS) is 20.6. The van der Waals surface area contributed by atoms with Crippen molar-refractivity contribution in [1.82, 2.24) is 0 Å². The van der Waals surface area contributed by atoms with Crippen LogP contribution in [0.2, 0.25) is 0 Å². The van der Waals surface area contributed by atoms with Gasteiger partial charge in [0.2, 0.25) is 0 Å². The first-order chi connectivity index (χ1) is 12.8. The van der Waals surface area contributed by atoms with E-state index in [1.807, 2.05) is 49.7 Å². The van der Waals surface area contributed by atoms with Crippen molar-refractivity contribution in [3.05, 3.63) is 78.6 Å². The fraction of sp³-hybridized carbons (Fsp3) is 0.348. The molecule has 1 aliphatic rings. The molecule has 0 heterocycles. The van der Waals surface area contributed by atoms with Gasteiger partial charge in [-0.3, -0.25) is 0 Å². The fourth-order valence-corrected chi connectivity index (χ4v) is 3.82. The third-order valence-electron chi connectivity index (χ3n) is 5.26. The number of ether oxygens (including phenoxy) is 1. The highest BCUT2D eigenvalue weighted by Gasteiger charge is 2.34. The van der Waals surface area contributed by atoms with Crippen molar-refractivity contribution in [3.63, 3.8) is 0 Å². The molecule has 26 heavy (non-hydrogen) atoms. The second kappa shape index (κ2) is 9.10. The Kier molecular flexibility index (Phi) is 6.33. The minimum absolute atomic E-state index is 0.122. The van der Waals surface area contributed by atoms with Crippen molar-refractivity contribution >= 4 is 5.69 Å². The quantitative estimate of drug-likeness (QED) is 0.650. The predicted octanol–water partition coefficient (Wildman–Crippen LogP) is 5.16. The van der Waals surface area contributed by atoms with Gasteiger partial charge in [0.05, 0.1) is 12.3 Å². The largest absolute Gasteiger partial charge is 0.497 e. The molecule has 0 spiro atoms. The molecule has 1 fully saturated rings. The maximum Gasteiger partial charge on any atom is 0.120 e. The van der Waals surface area contributed by atoms with Gasteiger partial charge in [-0.1, -0.05) is 55.0 Å². The van der Waals surface area contributed by atoms with Crippen LogP contribution in [0.15, 0.2) is 73.0 Å². The monoisotopic (exact) mass is 346 g/mol. The molecule has 0 aromatic heterocycles. The average molecular weight is 346 g/mol. The Morgan fingerprint density at radius 3 is 2.50 bits per heavy atom. The molecule has 2 aromatic carbocycles. The second-order valence-electron chi connectivity index (χ2n) is 6.90. The Bertz CT molecular complexity index is 736. The van der Waals surface area contributed by atoms with Crippen LogP contribution in [0.3, 0.4) is 0 Å². The van der Waals surface area contributed by atoms with Crippen LogP contribution >= 0.6 is 0 Å². The van der Waals surface area contributed by atoms with E-state index in [4.69, 9.17) is 4.74 Å². The molecule has 0 N–H and O–H groups in total. The first-order valence-corrected chi connectivity index (χ1v) is 9.29. The number of hydrogen-bond acceptors (Lipinski definition) is 3. The molecule has 0 unspecified atom stereocenters. The molecule has 1 aliphatic carbocycles. The van der Waals surface area contributed by atoms with Gasteiger partial charge in [0.15, 0.2) is 0 Å². The Morgan fingerprint density at radius 2 is 1.81 bits per heavy atom. The topological polar surface area (TPSA) is 36.3 Å². The molecule has 3 rings (SSSR count). The summed E-state index contributed by atoms with van der Waals surface area (Å²) >= 11 is 0. The third-order valence-corrected chi connectivity index (χ3v) is 5.26. The van der Waals surface area contributed by atoms with Crippen LogP contribution in [0.1, 0.15) is 24.8 Å². The van der Waals surface area contributed by atoms with Gasteiger partial charge < -0.3 is 9.64 Å². The Hall–Kier alpha value is -2.73. The fourth-order valence-electron chi connectivity index (χ4n) is 3.82. The van der Waals surface area contributed by atoms with E-state index < -0.39 is 0 Å². The summed E-state index contributed by atoms with van der Waals surface area (Å²) in [5.74, 6) is 0.725. The van der Waals surface area contributed by atoms with E-state index in [1.54, 1.807) is 0 Å². The average Bonchev–Trinajstić information content (AvgIpc) is 3.15. The molecular formula is C23H26N2O. The maximum absolute atomic E-state index is 9.81. The predicted molar refractivity (Wildman–Crippen MR) is 105 cm³/mol. The van der Waals surface area contributed by atoms with E-state index in [2.05, 4.69) is 41.3 Å². The Labute approximate surface area is 156 Å². The van der Waals surface area contributed by atoms with Crippen LogP contribution in [0, 0.1) is 23.2 Å². The lowest BCUT2D eigenvalue weighted by atomic mass is 9.88. The Morgan fingerprint density at radius 1 is 1.12 bits per heavy atom. The van der Waals surface area contributed by atoms with Gasteiger partial charge in [-0.05, 0) is 48.4 Å². The van der Waals surface area contributed by atoms with Crippen molar-refractivity contribution < 1.29 is 4.74 Å². The first-order valence-electron chi connectivity index (χ1n) is 9.29. The summed E-state index contributed by atoms with van der Waals surface area (Å²) in [6.07, 6.45) is 7.36.